The molecule has 0 rings (SSSR count). The van der Waals surface area contributed by atoms with Crippen LogP contribution >= 0.6 is 0 Å². The number of hydrogen-bond acceptors (Lipinski definition) is 4. The molecule has 0 aromatic rings. The summed E-state index contributed by atoms with van der Waals surface area (Å²) < 4.78 is 10.1. The van der Waals surface area contributed by atoms with Gasteiger partial charge in [-0.05, 0) is 6.92 Å². The molecule has 0 fully saturated rings. The van der Waals surface area contributed by atoms with Crippen LogP contribution in [0.15, 0.2) is 0 Å². The lowest BCUT2D eigenvalue weighted by Crippen LogP contribution is -2.38. The number of carboxylic acid groups (broad SMARTS) is 1. The van der Waals surface area contributed by atoms with Crippen molar-refractivity contribution in [3.05, 3.63) is 0 Å². The van der Waals surface area contributed by atoms with E-state index in [2.05, 4.69) is 5.43 Å². The van der Waals surface area contributed by atoms with E-state index < -0.39 is 6.09 Å². The smallest absolute Gasteiger partial charge is 0.419 e. The lowest BCUT2D eigenvalue weighted by Gasteiger charge is -2.05. The van der Waals surface area contributed by atoms with E-state index in [-0.39, 0.29) is 0 Å². The topological polar surface area (TPSA) is 79.8 Å². The minimum absolute atomic E-state index is 0.443. The Morgan fingerprint density at radius 2 is 2.00 bits per heavy atom. The lowest BCUT2D eigenvalue weighted by atomic mass is 10.7. The summed E-state index contributed by atoms with van der Waals surface area (Å²) in [4.78, 5) is 9.94. The van der Waals surface area contributed by atoms with Crippen molar-refractivity contribution in [1.82, 2.24) is 10.9 Å². The highest BCUT2D eigenvalue weighted by Gasteiger charge is 1.91. The number of hydrazine groups is 1. The molecule has 0 aliphatic carbocycles. The zero-order valence-corrected chi connectivity index (χ0v) is 7.71. The van der Waals surface area contributed by atoms with Gasteiger partial charge in [0.25, 0.3) is 0 Å². The Kier molecular flexibility index (Phi) is 8.64. The van der Waals surface area contributed by atoms with Crippen LogP contribution < -0.4 is 10.9 Å². The van der Waals surface area contributed by atoms with E-state index in [1.54, 1.807) is 0 Å². The van der Waals surface area contributed by atoms with E-state index in [9.17, 15) is 4.79 Å². The van der Waals surface area contributed by atoms with Crippen LogP contribution in [0, 0.1) is 0 Å². The molecule has 6 nitrogen and oxygen atoms in total. The first-order chi connectivity index (χ1) is 6.27. The summed E-state index contributed by atoms with van der Waals surface area (Å²) in [5, 5.41) is 8.15. The first kappa shape index (κ1) is 12.2. The van der Waals surface area contributed by atoms with Crippen LogP contribution in [0.25, 0.3) is 0 Å². The summed E-state index contributed by atoms with van der Waals surface area (Å²) in [6, 6.07) is 0. The fraction of sp³-hybridized carbons (Fsp3) is 0.857. The van der Waals surface area contributed by atoms with E-state index in [0.29, 0.717) is 33.0 Å². The van der Waals surface area contributed by atoms with E-state index in [1.807, 2.05) is 12.3 Å². The van der Waals surface area contributed by atoms with E-state index in [0.717, 1.165) is 0 Å². The van der Waals surface area contributed by atoms with E-state index >= 15 is 0 Å². The highest BCUT2D eigenvalue weighted by Crippen LogP contribution is 1.76. The minimum Gasteiger partial charge on any atom is -0.464 e. The van der Waals surface area contributed by atoms with Gasteiger partial charge < -0.3 is 14.6 Å². The molecule has 0 aliphatic heterocycles. The first-order valence-corrected chi connectivity index (χ1v) is 4.14. The maximum Gasteiger partial charge on any atom is 0.419 e. The van der Waals surface area contributed by atoms with Crippen LogP contribution in [0.3, 0.4) is 0 Å². The molecule has 6 heteroatoms. The molecular formula is C7H16N2O4. The van der Waals surface area contributed by atoms with Gasteiger partial charge in [-0.2, -0.15) is 0 Å². The van der Waals surface area contributed by atoms with Gasteiger partial charge in [-0.3, -0.25) is 5.43 Å². The summed E-state index contributed by atoms with van der Waals surface area (Å²) >= 11 is 0. The molecule has 0 radical (unpaired) electrons. The first-order valence-electron chi connectivity index (χ1n) is 4.14. The normalized spacial score (nSPS) is 9.92. The Bertz CT molecular complexity index is 132. The molecule has 0 aliphatic rings. The second-order valence-electron chi connectivity index (χ2n) is 2.17. The lowest BCUT2D eigenvalue weighted by molar-refractivity contribution is 0.0531. The zero-order chi connectivity index (χ0) is 9.94. The summed E-state index contributed by atoms with van der Waals surface area (Å²) in [6.07, 6.45) is -1.10. The molecule has 0 atom stereocenters. The molecule has 3 N–H and O–H groups in total. The Labute approximate surface area is 77.2 Å². The third-order valence-corrected chi connectivity index (χ3v) is 1.14. The van der Waals surface area contributed by atoms with Gasteiger partial charge in [-0.1, -0.05) is 0 Å². The van der Waals surface area contributed by atoms with Gasteiger partial charge in [-0.15, -0.1) is 0 Å². The Hall–Kier alpha value is -0.850. The van der Waals surface area contributed by atoms with Gasteiger partial charge in [-0.25, -0.2) is 10.2 Å². The van der Waals surface area contributed by atoms with Crippen molar-refractivity contribution in [2.45, 2.75) is 6.92 Å². The Morgan fingerprint density at radius 3 is 2.62 bits per heavy atom. The van der Waals surface area contributed by atoms with E-state index in [4.69, 9.17) is 14.6 Å². The van der Waals surface area contributed by atoms with Crippen molar-refractivity contribution in [3.63, 3.8) is 0 Å². The third kappa shape index (κ3) is 11.1. The highest BCUT2D eigenvalue weighted by atomic mass is 16.5. The average molecular weight is 192 g/mol. The summed E-state index contributed by atoms with van der Waals surface area (Å²) in [5.74, 6) is 0. The molecule has 13 heavy (non-hydrogen) atoms. The molecule has 1 amide bonds. The molecule has 0 unspecified atom stereocenters. The molecule has 0 aromatic carbocycles. The molecule has 0 saturated carbocycles. The van der Waals surface area contributed by atoms with Crippen LogP contribution in [0.5, 0.6) is 0 Å². The van der Waals surface area contributed by atoms with Crippen molar-refractivity contribution >= 4 is 6.09 Å². The van der Waals surface area contributed by atoms with Crippen molar-refractivity contribution in [2.24, 2.45) is 0 Å². The van der Waals surface area contributed by atoms with Crippen LogP contribution in [0.1, 0.15) is 6.92 Å². The standard InChI is InChI=1S/C7H16N2O4/c1-2-12-5-6-13-4-3-8-9-7(10)11/h8-9H,2-6H2,1H3,(H,10,11). The second-order valence-corrected chi connectivity index (χ2v) is 2.17. The number of carbonyl (C=O) groups is 1. The molecular weight excluding hydrogens is 176 g/mol. The maximum atomic E-state index is 9.94. The Morgan fingerprint density at radius 1 is 1.31 bits per heavy atom. The molecule has 0 spiro atoms. The SMILES string of the molecule is CCOCCOCCNNC(=O)O. The van der Waals surface area contributed by atoms with Gasteiger partial charge in [0.1, 0.15) is 0 Å². The van der Waals surface area contributed by atoms with E-state index in [1.165, 1.54) is 0 Å². The average Bonchev–Trinajstić information content (AvgIpc) is 2.09. The van der Waals surface area contributed by atoms with Crippen LogP contribution in [0.2, 0.25) is 0 Å². The van der Waals surface area contributed by atoms with Crippen LogP contribution in [-0.2, 0) is 9.47 Å². The quantitative estimate of drug-likeness (QED) is 0.367. The zero-order valence-electron chi connectivity index (χ0n) is 7.71. The summed E-state index contributed by atoms with van der Waals surface area (Å²) in [7, 11) is 0. The maximum absolute atomic E-state index is 9.94. The van der Waals surface area contributed by atoms with Gasteiger partial charge in [0.15, 0.2) is 0 Å². The predicted molar refractivity (Wildman–Crippen MR) is 46.5 cm³/mol. The monoisotopic (exact) mass is 192 g/mol. The van der Waals surface area contributed by atoms with Crippen molar-refractivity contribution < 1.29 is 19.4 Å². The third-order valence-electron chi connectivity index (χ3n) is 1.14. The largest absolute Gasteiger partial charge is 0.464 e. The van der Waals surface area contributed by atoms with Gasteiger partial charge in [0.2, 0.25) is 0 Å². The number of rotatable bonds is 8. The van der Waals surface area contributed by atoms with Crippen molar-refractivity contribution in [2.75, 3.05) is 33.0 Å². The molecule has 78 valence electrons. The predicted octanol–water partition coefficient (Wildman–Crippen LogP) is -0.188. The van der Waals surface area contributed by atoms with Crippen LogP contribution in [0.4, 0.5) is 4.79 Å². The van der Waals surface area contributed by atoms with Crippen molar-refractivity contribution in [1.29, 1.82) is 0 Å². The van der Waals surface area contributed by atoms with Gasteiger partial charge >= 0.3 is 6.09 Å². The number of nitrogens with one attached hydrogen (secondary N) is 2. The number of ether oxygens (including phenoxy) is 2. The minimum atomic E-state index is -1.10. The molecule has 0 bridgehead atoms. The fourth-order valence-electron chi connectivity index (χ4n) is 0.626. The summed E-state index contributed by atoms with van der Waals surface area (Å²) in [6.45, 7) is 4.59. The van der Waals surface area contributed by atoms with Crippen molar-refractivity contribution in [3.8, 4) is 0 Å². The molecule has 0 heterocycles. The number of hydrogen-bond donors (Lipinski definition) is 3. The molecule has 0 aromatic heterocycles. The number of amides is 1. The second kappa shape index (κ2) is 9.24. The Balaban J connectivity index is 2.87. The highest BCUT2D eigenvalue weighted by molar-refractivity contribution is 5.63. The van der Waals surface area contributed by atoms with Gasteiger partial charge in [0.05, 0.1) is 19.8 Å². The summed E-state index contributed by atoms with van der Waals surface area (Å²) in [5.41, 5.74) is 4.46. The molecule has 0 saturated heterocycles. The van der Waals surface area contributed by atoms with Crippen LogP contribution in [-0.4, -0.2) is 44.2 Å². The van der Waals surface area contributed by atoms with Gasteiger partial charge in [0, 0.05) is 13.2 Å². The fourth-order valence-corrected chi connectivity index (χ4v) is 0.626.